The van der Waals surface area contributed by atoms with Gasteiger partial charge < -0.3 is 5.32 Å². The molecule has 0 saturated carbocycles. The highest BCUT2D eigenvalue weighted by Gasteiger charge is 2.19. The van der Waals surface area contributed by atoms with Crippen molar-refractivity contribution < 1.29 is 4.79 Å². The fourth-order valence-electron chi connectivity index (χ4n) is 3.37. The molecule has 0 aliphatic rings. The van der Waals surface area contributed by atoms with Crippen molar-refractivity contribution in [1.29, 1.82) is 0 Å². The van der Waals surface area contributed by atoms with Crippen LogP contribution in [0.25, 0.3) is 17.1 Å². The molecule has 0 spiro atoms. The van der Waals surface area contributed by atoms with E-state index in [1.165, 1.54) is 11.8 Å². The van der Waals surface area contributed by atoms with Crippen LogP contribution in [0, 0.1) is 6.92 Å². The number of halogens is 1. The molecule has 0 aliphatic heterocycles. The normalized spacial score (nSPS) is 10.8. The molecule has 4 aromatic rings. The van der Waals surface area contributed by atoms with Gasteiger partial charge in [-0.2, -0.15) is 0 Å². The number of carbonyl (C=O) groups is 1. The summed E-state index contributed by atoms with van der Waals surface area (Å²) in [4.78, 5) is 12.7. The van der Waals surface area contributed by atoms with Gasteiger partial charge in [0.2, 0.25) is 5.91 Å². The maximum Gasteiger partial charge on any atom is 0.234 e. The van der Waals surface area contributed by atoms with Crippen molar-refractivity contribution in [2.75, 3.05) is 11.1 Å². The monoisotopic (exact) mass is 462 g/mol. The van der Waals surface area contributed by atoms with Gasteiger partial charge in [-0.1, -0.05) is 78.3 Å². The fraction of sp³-hybridized carbons (Fsp3) is 0.160. The van der Waals surface area contributed by atoms with Crippen molar-refractivity contribution in [1.82, 2.24) is 14.8 Å². The van der Waals surface area contributed by atoms with Crippen LogP contribution in [0.1, 0.15) is 18.1 Å². The lowest BCUT2D eigenvalue weighted by Gasteiger charge is -2.12. The number of nitrogens with one attached hydrogen (secondary N) is 1. The highest BCUT2D eigenvalue weighted by molar-refractivity contribution is 7.99. The highest BCUT2D eigenvalue weighted by atomic mass is 35.5. The molecule has 0 fully saturated rings. The van der Waals surface area contributed by atoms with Crippen molar-refractivity contribution in [3.8, 4) is 17.1 Å². The molecule has 0 unspecified atom stereocenters. The molecule has 7 heteroatoms. The topological polar surface area (TPSA) is 59.8 Å². The largest absolute Gasteiger partial charge is 0.325 e. The summed E-state index contributed by atoms with van der Waals surface area (Å²) >= 11 is 7.79. The zero-order valence-electron chi connectivity index (χ0n) is 17.9. The first-order valence-electron chi connectivity index (χ1n) is 10.3. The smallest absolute Gasteiger partial charge is 0.234 e. The summed E-state index contributed by atoms with van der Waals surface area (Å²) in [6.07, 6.45) is 0.854. The van der Waals surface area contributed by atoms with Gasteiger partial charge >= 0.3 is 0 Å². The summed E-state index contributed by atoms with van der Waals surface area (Å²) in [6, 6.07) is 23.5. The van der Waals surface area contributed by atoms with E-state index in [-0.39, 0.29) is 11.7 Å². The summed E-state index contributed by atoms with van der Waals surface area (Å²) in [5.74, 6) is 0.761. The number of aromatic nitrogens is 3. The molecule has 0 radical (unpaired) electrons. The van der Waals surface area contributed by atoms with E-state index in [1.54, 1.807) is 0 Å². The zero-order valence-corrected chi connectivity index (χ0v) is 19.5. The van der Waals surface area contributed by atoms with E-state index in [0.29, 0.717) is 16.0 Å². The summed E-state index contributed by atoms with van der Waals surface area (Å²) in [5, 5.41) is 13.0. The van der Waals surface area contributed by atoms with Gasteiger partial charge in [-0.3, -0.25) is 9.36 Å². The number of para-hydroxylation sites is 1. The lowest BCUT2D eigenvalue weighted by atomic mass is 10.1. The quantitative estimate of drug-likeness (QED) is 0.333. The molecule has 1 amide bonds. The van der Waals surface area contributed by atoms with Crippen molar-refractivity contribution >= 4 is 35.0 Å². The average Bonchev–Trinajstić information content (AvgIpc) is 3.22. The Kier molecular flexibility index (Phi) is 6.93. The van der Waals surface area contributed by atoms with Crippen LogP contribution in [-0.2, 0) is 11.2 Å². The van der Waals surface area contributed by atoms with Crippen LogP contribution in [0.3, 0.4) is 0 Å². The van der Waals surface area contributed by atoms with Gasteiger partial charge in [0.15, 0.2) is 11.0 Å². The Morgan fingerprint density at radius 1 is 1.00 bits per heavy atom. The minimum Gasteiger partial charge on any atom is -0.325 e. The SMILES string of the molecule is CCc1ccccc1NC(=O)CSc1nnc(-c2ccccc2Cl)n1-c1ccc(C)cc1. The van der Waals surface area contributed by atoms with Gasteiger partial charge in [-0.05, 0) is 49.2 Å². The Morgan fingerprint density at radius 3 is 2.47 bits per heavy atom. The van der Waals surface area contributed by atoms with E-state index in [0.717, 1.165) is 34.5 Å². The van der Waals surface area contributed by atoms with Crippen LogP contribution in [0.15, 0.2) is 78.0 Å². The van der Waals surface area contributed by atoms with Crippen LogP contribution in [0.2, 0.25) is 5.02 Å². The molecule has 1 N–H and O–H groups in total. The molecule has 3 aromatic carbocycles. The molecule has 0 saturated heterocycles. The molecule has 5 nitrogen and oxygen atoms in total. The molecular weight excluding hydrogens is 440 g/mol. The first kappa shape index (κ1) is 22.1. The molecule has 0 bridgehead atoms. The van der Waals surface area contributed by atoms with E-state index in [4.69, 9.17) is 11.6 Å². The molecule has 1 aromatic heterocycles. The van der Waals surface area contributed by atoms with Gasteiger partial charge in [-0.25, -0.2) is 0 Å². The third-order valence-corrected chi connectivity index (χ3v) is 6.30. The van der Waals surface area contributed by atoms with E-state index < -0.39 is 0 Å². The van der Waals surface area contributed by atoms with Gasteiger partial charge in [0.25, 0.3) is 0 Å². The number of carbonyl (C=O) groups excluding carboxylic acids is 1. The van der Waals surface area contributed by atoms with Crippen LogP contribution >= 0.6 is 23.4 Å². The van der Waals surface area contributed by atoms with Gasteiger partial charge in [0, 0.05) is 16.9 Å². The third kappa shape index (κ3) is 4.87. The third-order valence-electron chi connectivity index (χ3n) is 5.05. The summed E-state index contributed by atoms with van der Waals surface area (Å²) in [5.41, 5.74) is 4.81. The zero-order chi connectivity index (χ0) is 22.5. The van der Waals surface area contributed by atoms with Gasteiger partial charge in [0.1, 0.15) is 0 Å². The minimum atomic E-state index is -0.0892. The molecule has 4 rings (SSSR count). The average molecular weight is 463 g/mol. The number of nitrogens with zero attached hydrogens (tertiary/aromatic N) is 3. The number of amides is 1. The fourth-order valence-corrected chi connectivity index (χ4v) is 4.35. The number of aryl methyl sites for hydroxylation is 2. The molecule has 162 valence electrons. The number of hydrogen-bond donors (Lipinski definition) is 1. The highest BCUT2D eigenvalue weighted by Crippen LogP contribution is 2.32. The van der Waals surface area contributed by atoms with Crippen LogP contribution < -0.4 is 5.32 Å². The predicted molar refractivity (Wildman–Crippen MR) is 132 cm³/mol. The molecular formula is C25H23ClN4OS. The van der Waals surface area contributed by atoms with Crippen molar-refractivity contribution in [3.63, 3.8) is 0 Å². The lowest BCUT2D eigenvalue weighted by molar-refractivity contribution is -0.113. The van der Waals surface area contributed by atoms with Gasteiger partial charge in [-0.15, -0.1) is 10.2 Å². The second-order valence-corrected chi connectivity index (χ2v) is 8.65. The Morgan fingerprint density at radius 2 is 1.72 bits per heavy atom. The van der Waals surface area contributed by atoms with Crippen molar-refractivity contribution in [3.05, 3.63) is 88.9 Å². The first-order chi connectivity index (χ1) is 15.6. The van der Waals surface area contributed by atoms with Crippen LogP contribution in [0.4, 0.5) is 5.69 Å². The molecule has 0 atom stereocenters. The number of benzene rings is 3. The second-order valence-electron chi connectivity index (χ2n) is 7.30. The predicted octanol–water partition coefficient (Wildman–Crippen LogP) is 6.19. The molecule has 0 aliphatic carbocycles. The Labute approximate surface area is 196 Å². The van der Waals surface area contributed by atoms with E-state index >= 15 is 0 Å². The molecule has 1 heterocycles. The first-order valence-corrected chi connectivity index (χ1v) is 11.7. The van der Waals surface area contributed by atoms with Crippen LogP contribution in [-0.4, -0.2) is 26.4 Å². The maximum absolute atomic E-state index is 12.7. The van der Waals surface area contributed by atoms with E-state index in [1.807, 2.05) is 84.3 Å². The summed E-state index contributed by atoms with van der Waals surface area (Å²) in [7, 11) is 0. The number of hydrogen-bond acceptors (Lipinski definition) is 4. The van der Waals surface area contributed by atoms with E-state index in [2.05, 4.69) is 22.4 Å². The minimum absolute atomic E-state index is 0.0892. The lowest BCUT2D eigenvalue weighted by Crippen LogP contribution is -2.15. The Balaban J connectivity index is 1.62. The van der Waals surface area contributed by atoms with Gasteiger partial charge in [0.05, 0.1) is 10.8 Å². The Hall–Kier alpha value is -3.09. The Bertz CT molecular complexity index is 1240. The molecule has 32 heavy (non-hydrogen) atoms. The number of anilines is 1. The summed E-state index contributed by atoms with van der Waals surface area (Å²) < 4.78 is 1.94. The van der Waals surface area contributed by atoms with Crippen molar-refractivity contribution in [2.24, 2.45) is 0 Å². The maximum atomic E-state index is 12.7. The second kappa shape index (κ2) is 10.0. The van der Waals surface area contributed by atoms with E-state index in [9.17, 15) is 4.79 Å². The van der Waals surface area contributed by atoms with Crippen LogP contribution in [0.5, 0.6) is 0 Å². The number of thioether (sulfide) groups is 1. The van der Waals surface area contributed by atoms with Crippen molar-refractivity contribution in [2.45, 2.75) is 25.4 Å². The summed E-state index contributed by atoms with van der Waals surface area (Å²) in [6.45, 7) is 4.11. The number of rotatable bonds is 7. The standard InChI is InChI=1S/C25H23ClN4OS/c1-3-18-8-4-7-11-22(18)27-23(31)16-32-25-29-28-24(20-9-5-6-10-21(20)26)30(25)19-14-12-17(2)13-15-19/h4-15H,3,16H2,1-2H3,(H,27,31).